The van der Waals surface area contributed by atoms with Gasteiger partial charge in [0.1, 0.15) is 11.5 Å². The first-order chi connectivity index (χ1) is 13.0. The lowest BCUT2D eigenvalue weighted by Gasteiger charge is -2.28. The minimum Gasteiger partial charge on any atom is -0.469 e. The maximum Gasteiger partial charge on any atom is 0.310 e. The quantitative estimate of drug-likeness (QED) is 0.288. The molecule has 0 spiro atoms. The molecule has 3 unspecified atom stereocenters. The molecule has 1 aromatic rings. The molecule has 0 amide bonds. The normalized spacial score (nSPS) is 24.1. The van der Waals surface area contributed by atoms with Crippen molar-refractivity contribution in [3.05, 3.63) is 23.7 Å². The van der Waals surface area contributed by atoms with Crippen molar-refractivity contribution in [1.29, 1.82) is 0 Å². The van der Waals surface area contributed by atoms with Crippen LogP contribution in [0.1, 0.15) is 37.3 Å². The number of furan rings is 1. The molecular formula is C20H33IN4O3. The molecule has 28 heavy (non-hydrogen) atoms. The van der Waals surface area contributed by atoms with Crippen molar-refractivity contribution in [2.24, 2.45) is 16.8 Å². The zero-order valence-corrected chi connectivity index (χ0v) is 19.6. The van der Waals surface area contributed by atoms with Gasteiger partial charge >= 0.3 is 5.97 Å². The van der Waals surface area contributed by atoms with Crippen molar-refractivity contribution in [1.82, 2.24) is 15.1 Å². The molecule has 2 fully saturated rings. The zero-order valence-electron chi connectivity index (χ0n) is 17.3. The molecule has 158 valence electrons. The van der Waals surface area contributed by atoms with Crippen LogP contribution in [0.15, 0.2) is 21.5 Å². The van der Waals surface area contributed by atoms with Gasteiger partial charge in [-0.3, -0.25) is 14.7 Å². The molecule has 0 saturated carbocycles. The van der Waals surface area contributed by atoms with E-state index in [9.17, 15) is 4.79 Å². The molecule has 2 aliphatic rings. The second-order valence-electron chi connectivity index (χ2n) is 7.65. The Morgan fingerprint density at radius 3 is 2.64 bits per heavy atom. The molecule has 0 bridgehead atoms. The standard InChI is InChI=1S/C20H32N4O3.HI/c1-14-12-24(13-16(14)19(25)26-4)20(21-3)22-11-17(23-9-5-6-10-23)18-8-7-15(2)27-18;/h7-8,14,16-17H,5-6,9-13H2,1-4H3,(H,21,22);1H. The summed E-state index contributed by atoms with van der Waals surface area (Å²) in [6.07, 6.45) is 2.46. The van der Waals surface area contributed by atoms with Crippen LogP contribution in [0.4, 0.5) is 0 Å². The topological polar surface area (TPSA) is 70.3 Å². The molecule has 0 radical (unpaired) electrons. The van der Waals surface area contributed by atoms with Gasteiger partial charge in [0.25, 0.3) is 0 Å². The summed E-state index contributed by atoms with van der Waals surface area (Å²) >= 11 is 0. The van der Waals surface area contributed by atoms with E-state index in [4.69, 9.17) is 9.15 Å². The van der Waals surface area contributed by atoms with Crippen molar-refractivity contribution in [3.8, 4) is 0 Å². The van der Waals surface area contributed by atoms with E-state index < -0.39 is 0 Å². The van der Waals surface area contributed by atoms with Crippen molar-refractivity contribution in [2.45, 2.75) is 32.7 Å². The Kier molecular flexibility index (Phi) is 8.60. The molecule has 1 aromatic heterocycles. The third kappa shape index (κ3) is 5.20. The van der Waals surface area contributed by atoms with Gasteiger partial charge in [0.15, 0.2) is 5.96 Å². The first kappa shape index (κ1) is 23.0. The summed E-state index contributed by atoms with van der Waals surface area (Å²) in [5.74, 6) is 2.78. The maximum absolute atomic E-state index is 12.0. The fourth-order valence-electron chi connectivity index (χ4n) is 4.21. The monoisotopic (exact) mass is 504 g/mol. The van der Waals surface area contributed by atoms with Gasteiger partial charge in [0.05, 0.1) is 19.1 Å². The number of nitrogens with zero attached hydrogens (tertiary/aromatic N) is 3. The van der Waals surface area contributed by atoms with Crippen LogP contribution in [0.2, 0.25) is 0 Å². The predicted molar refractivity (Wildman–Crippen MR) is 120 cm³/mol. The average molecular weight is 504 g/mol. The van der Waals surface area contributed by atoms with Crippen LogP contribution >= 0.6 is 24.0 Å². The number of halogens is 1. The molecule has 0 aromatic carbocycles. The van der Waals surface area contributed by atoms with E-state index in [0.29, 0.717) is 6.54 Å². The Hall–Kier alpha value is -1.29. The van der Waals surface area contributed by atoms with Crippen molar-refractivity contribution >= 4 is 35.9 Å². The van der Waals surface area contributed by atoms with E-state index in [-0.39, 0.29) is 47.8 Å². The Balaban J connectivity index is 0.00000280. The molecule has 3 rings (SSSR count). The number of methoxy groups -OCH3 is 1. The fourth-order valence-corrected chi connectivity index (χ4v) is 4.21. The highest BCUT2D eigenvalue weighted by Crippen LogP contribution is 2.27. The molecule has 2 aliphatic heterocycles. The van der Waals surface area contributed by atoms with E-state index in [1.807, 2.05) is 13.0 Å². The van der Waals surface area contributed by atoms with E-state index in [0.717, 1.165) is 43.7 Å². The van der Waals surface area contributed by atoms with Gasteiger partial charge in [-0.2, -0.15) is 0 Å². The number of hydrogen-bond donors (Lipinski definition) is 1. The van der Waals surface area contributed by atoms with Crippen LogP contribution < -0.4 is 5.32 Å². The summed E-state index contributed by atoms with van der Waals surface area (Å²) < 4.78 is 10.9. The van der Waals surface area contributed by atoms with Gasteiger partial charge in [-0.1, -0.05) is 6.92 Å². The second-order valence-corrected chi connectivity index (χ2v) is 7.65. The van der Waals surface area contributed by atoms with Gasteiger partial charge in [-0.05, 0) is 50.9 Å². The molecule has 3 atom stereocenters. The summed E-state index contributed by atoms with van der Waals surface area (Å²) in [5.41, 5.74) is 0. The first-order valence-electron chi connectivity index (χ1n) is 9.87. The van der Waals surface area contributed by atoms with Crippen LogP contribution in [-0.2, 0) is 9.53 Å². The first-order valence-corrected chi connectivity index (χ1v) is 9.87. The van der Waals surface area contributed by atoms with Crippen LogP contribution in [0.3, 0.4) is 0 Å². The lowest BCUT2D eigenvalue weighted by molar-refractivity contribution is -0.145. The highest BCUT2D eigenvalue weighted by Gasteiger charge is 2.37. The van der Waals surface area contributed by atoms with E-state index in [1.54, 1.807) is 7.05 Å². The molecule has 0 aliphatic carbocycles. The number of nitrogens with one attached hydrogen (secondary N) is 1. The second kappa shape index (κ2) is 10.5. The number of aryl methyl sites for hydroxylation is 1. The number of rotatable bonds is 5. The molecule has 7 nitrogen and oxygen atoms in total. The number of aliphatic imine (C=N–C) groups is 1. The highest BCUT2D eigenvalue weighted by molar-refractivity contribution is 14.0. The van der Waals surface area contributed by atoms with Crippen LogP contribution in [0.25, 0.3) is 0 Å². The predicted octanol–water partition coefficient (Wildman–Crippen LogP) is 2.66. The number of hydrogen-bond acceptors (Lipinski definition) is 5. The number of ether oxygens (including phenoxy) is 1. The summed E-state index contributed by atoms with van der Waals surface area (Å²) in [6, 6.07) is 4.29. The van der Waals surface area contributed by atoms with Gasteiger partial charge in [0, 0.05) is 26.7 Å². The number of likely N-dealkylation sites (tertiary alicyclic amines) is 2. The Bertz CT molecular complexity index is 672. The fraction of sp³-hybridized carbons (Fsp3) is 0.700. The SMILES string of the molecule is CN=C(NCC(c1ccc(C)o1)N1CCCC1)N1CC(C)C(C(=O)OC)C1.I. The highest BCUT2D eigenvalue weighted by atomic mass is 127. The number of guanidine groups is 1. The molecule has 3 heterocycles. The number of carbonyl (C=O) groups is 1. The van der Waals surface area contributed by atoms with Crippen LogP contribution in [-0.4, -0.2) is 68.6 Å². The van der Waals surface area contributed by atoms with E-state index in [2.05, 4.69) is 33.1 Å². The number of carbonyl (C=O) groups excluding carboxylic acids is 1. The Morgan fingerprint density at radius 1 is 1.36 bits per heavy atom. The lowest BCUT2D eigenvalue weighted by Crippen LogP contribution is -2.44. The minimum absolute atomic E-state index is 0. The molecule has 8 heteroatoms. The third-order valence-corrected chi connectivity index (χ3v) is 5.75. The summed E-state index contributed by atoms with van der Waals surface area (Å²) in [4.78, 5) is 21.1. The third-order valence-electron chi connectivity index (χ3n) is 5.75. The summed E-state index contributed by atoms with van der Waals surface area (Å²) in [7, 11) is 3.25. The van der Waals surface area contributed by atoms with Gasteiger partial charge in [-0.15, -0.1) is 24.0 Å². The lowest BCUT2D eigenvalue weighted by atomic mass is 9.99. The van der Waals surface area contributed by atoms with E-state index in [1.165, 1.54) is 20.0 Å². The molecule has 1 N–H and O–H groups in total. The van der Waals surface area contributed by atoms with Gasteiger partial charge in [-0.25, -0.2) is 0 Å². The van der Waals surface area contributed by atoms with Crippen molar-refractivity contribution in [2.75, 3.05) is 46.9 Å². The van der Waals surface area contributed by atoms with Crippen molar-refractivity contribution < 1.29 is 13.9 Å². The summed E-state index contributed by atoms with van der Waals surface area (Å²) in [6.45, 7) is 8.43. The summed E-state index contributed by atoms with van der Waals surface area (Å²) in [5, 5.41) is 3.52. The zero-order chi connectivity index (χ0) is 19.4. The molecular weight excluding hydrogens is 471 g/mol. The Morgan fingerprint density at radius 2 is 2.07 bits per heavy atom. The number of esters is 1. The van der Waals surface area contributed by atoms with Gasteiger partial charge in [0.2, 0.25) is 0 Å². The largest absolute Gasteiger partial charge is 0.469 e. The minimum atomic E-state index is -0.138. The van der Waals surface area contributed by atoms with E-state index >= 15 is 0 Å². The Labute approximate surface area is 184 Å². The van der Waals surface area contributed by atoms with Crippen molar-refractivity contribution in [3.63, 3.8) is 0 Å². The van der Waals surface area contributed by atoms with Crippen LogP contribution in [0.5, 0.6) is 0 Å². The smallest absolute Gasteiger partial charge is 0.310 e. The van der Waals surface area contributed by atoms with Gasteiger partial charge < -0.3 is 19.4 Å². The maximum atomic E-state index is 12.0. The molecule has 2 saturated heterocycles. The average Bonchev–Trinajstić information content (AvgIpc) is 3.40. The van der Waals surface area contributed by atoms with Crippen LogP contribution in [0, 0.1) is 18.8 Å².